The average molecular weight is 555 g/mol. The number of carbonyl (C=O) groups is 3. The van der Waals surface area contributed by atoms with Gasteiger partial charge in [-0.25, -0.2) is 4.98 Å². The molecule has 0 radical (unpaired) electrons. The minimum Gasteiger partial charge on any atom is -0.495 e. The van der Waals surface area contributed by atoms with Crippen LogP contribution in [-0.4, -0.2) is 104 Å². The average Bonchev–Trinajstić information content (AvgIpc) is 3.07. The van der Waals surface area contributed by atoms with Gasteiger partial charge in [-0.3, -0.25) is 14.4 Å². The van der Waals surface area contributed by atoms with E-state index in [1.165, 1.54) is 12.0 Å². The van der Waals surface area contributed by atoms with E-state index in [1.807, 2.05) is 4.90 Å². The van der Waals surface area contributed by atoms with Gasteiger partial charge in [-0.2, -0.15) is 4.98 Å². The van der Waals surface area contributed by atoms with Crippen LogP contribution in [0.1, 0.15) is 36.0 Å². The first-order valence-corrected chi connectivity index (χ1v) is 13.5. The van der Waals surface area contributed by atoms with Crippen LogP contribution in [0.5, 0.6) is 5.75 Å². The second-order valence-electron chi connectivity index (χ2n) is 10.0. The van der Waals surface area contributed by atoms with Gasteiger partial charge in [-0.15, -0.1) is 0 Å². The Balaban J connectivity index is 1.51. The molecule has 0 saturated carbocycles. The van der Waals surface area contributed by atoms with Crippen LogP contribution >= 0.6 is 0 Å². The fourth-order valence-corrected chi connectivity index (χ4v) is 4.75. The van der Waals surface area contributed by atoms with Gasteiger partial charge in [0.2, 0.25) is 17.8 Å². The van der Waals surface area contributed by atoms with E-state index in [1.54, 1.807) is 31.4 Å². The number of aliphatic hydroxyl groups excluding tert-OH is 1. The molecule has 1 fully saturated rings. The summed E-state index contributed by atoms with van der Waals surface area (Å²) in [6.07, 6.45) is 3.85. The zero-order chi connectivity index (χ0) is 28.6. The lowest BCUT2D eigenvalue weighted by Gasteiger charge is -2.29. The lowest BCUT2D eigenvalue weighted by Crippen LogP contribution is -2.43. The number of ether oxygens (including phenoxy) is 1. The molecular formula is C27H38N8O5. The van der Waals surface area contributed by atoms with Crippen LogP contribution in [0.4, 0.5) is 23.1 Å². The van der Waals surface area contributed by atoms with Crippen molar-refractivity contribution in [2.24, 2.45) is 0 Å². The minimum atomic E-state index is -0.198. The molecule has 1 aromatic carbocycles. The number of aliphatic hydroxyl groups is 1. The molecule has 216 valence electrons. The summed E-state index contributed by atoms with van der Waals surface area (Å²) in [6.45, 7) is 2.70. The van der Waals surface area contributed by atoms with Crippen LogP contribution in [0, 0.1) is 0 Å². The molecule has 3 amide bonds. The SMILES string of the molecule is COc1cc(C(=O)NC2CCN(C)CC2)ccc1Nc1ncc2c(n1)N(CCC(=O)NCCO)CCC(=O)N2C. The number of piperidine rings is 1. The van der Waals surface area contributed by atoms with Crippen molar-refractivity contribution in [1.29, 1.82) is 0 Å². The third-order valence-electron chi connectivity index (χ3n) is 7.19. The zero-order valence-electron chi connectivity index (χ0n) is 23.3. The number of carbonyl (C=O) groups excluding carboxylic acids is 3. The van der Waals surface area contributed by atoms with Crippen molar-refractivity contribution in [3.63, 3.8) is 0 Å². The fraction of sp³-hybridized carbons (Fsp3) is 0.519. The molecule has 2 aromatic rings. The Kier molecular flexibility index (Phi) is 9.72. The molecule has 1 aromatic heterocycles. The van der Waals surface area contributed by atoms with E-state index < -0.39 is 0 Å². The van der Waals surface area contributed by atoms with Crippen molar-refractivity contribution >= 4 is 40.9 Å². The van der Waals surface area contributed by atoms with Gasteiger partial charge >= 0.3 is 0 Å². The van der Waals surface area contributed by atoms with E-state index in [-0.39, 0.29) is 55.7 Å². The van der Waals surface area contributed by atoms with E-state index in [9.17, 15) is 14.4 Å². The number of rotatable bonds is 10. The first-order chi connectivity index (χ1) is 19.3. The van der Waals surface area contributed by atoms with Crippen molar-refractivity contribution in [2.75, 3.05) is 75.7 Å². The maximum absolute atomic E-state index is 12.9. The number of hydrogen-bond acceptors (Lipinski definition) is 10. The predicted molar refractivity (Wildman–Crippen MR) is 151 cm³/mol. The Bertz CT molecular complexity index is 1220. The fourth-order valence-electron chi connectivity index (χ4n) is 4.75. The molecule has 13 heteroatoms. The van der Waals surface area contributed by atoms with Crippen LogP contribution < -0.4 is 30.5 Å². The number of nitrogens with zero attached hydrogens (tertiary/aromatic N) is 5. The number of likely N-dealkylation sites (tertiary alicyclic amines) is 1. The van der Waals surface area contributed by atoms with Crippen LogP contribution in [0.25, 0.3) is 0 Å². The summed E-state index contributed by atoms with van der Waals surface area (Å²) in [7, 11) is 5.28. The van der Waals surface area contributed by atoms with Crippen molar-refractivity contribution in [2.45, 2.75) is 31.7 Å². The van der Waals surface area contributed by atoms with E-state index >= 15 is 0 Å². The lowest BCUT2D eigenvalue weighted by atomic mass is 10.0. The smallest absolute Gasteiger partial charge is 0.251 e. The second-order valence-corrected chi connectivity index (χ2v) is 10.0. The number of benzene rings is 1. The molecular weight excluding hydrogens is 516 g/mol. The summed E-state index contributed by atoms with van der Waals surface area (Å²) < 4.78 is 5.56. The van der Waals surface area contributed by atoms with E-state index in [0.29, 0.717) is 41.6 Å². The Labute approximate surface area is 233 Å². The molecule has 4 rings (SSSR count). The normalized spacial score (nSPS) is 16.2. The van der Waals surface area contributed by atoms with Gasteiger partial charge in [0.15, 0.2) is 5.82 Å². The molecule has 0 unspecified atom stereocenters. The molecule has 1 saturated heterocycles. The summed E-state index contributed by atoms with van der Waals surface area (Å²) in [4.78, 5) is 52.3. The van der Waals surface area contributed by atoms with Crippen LogP contribution in [0.3, 0.4) is 0 Å². The minimum absolute atomic E-state index is 0.0754. The molecule has 0 aliphatic carbocycles. The van der Waals surface area contributed by atoms with E-state index in [4.69, 9.17) is 14.8 Å². The molecule has 2 aliphatic heterocycles. The number of amides is 3. The van der Waals surface area contributed by atoms with Crippen molar-refractivity contribution in [3.8, 4) is 5.75 Å². The highest BCUT2D eigenvalue weighted by atomic mass is 16.5. The quantitative estimate of drug-likeness (QED) is 0.331. The number of aromatic nitrogens is 2. The number of nitrogens with one attached hydrogen (secondary N) is 3. The maximum atomic E-state index is 12.9. The Morgan fingerprint density at radius 1 is 1.18 bits per heavy atom. The molecule has 4 N–H and O–H groups in total. The van der Waals surface area contributed by atoms with Gasteiger partial charge in [0, 0.05) is 51.1 Å². The van der Waals surface area contributed by atoms with Crippen molar-refractivity contribution < 1.29 is 24.2 Å². The summed E-state index contributed by atoms with van der Waals surface area (Å²) in [6, 6.07) is 5.30. The zero-order valence-corrected chi connectivity index (χ0v) is 23.3. The first-order valence-electron chi connectivity index (χ1n) is 13.5. The number of fused-ring (bicyclic) bond motifs is 1. The van der Waals surface area contributed by atoms with E-state index in [0.717, 1.165) is 25.9 Å². The number of hydrogen-bond donors (Lipinski definition) is 4. The molecule has 0 bridgehead atoms. The van der Waals surface area contributed by atoms with Crippen LogP contribution in [-0.2, 0) is 9.59 Å². The van der Waals surface area contributed by atoms with Gasteiger partial charge in [0.05, 0.1) is 25.6 Å². The van der Waals surface area contributed by atoms with Crippen molar-refractivity contribution in [1.82, 2.24) is 25.5 Å². The number of anilines is 4. The van der Waals surface area contributed by atoms with E-state index in [2.05, 4.69) is 32.9 Å². The van der Waals surface area contributed by atoms with Gasteiger partial charge in [-0.1, -0.05) is 0 Å². The highest BCUT2D eigenvalue weighted by Gasteiger charge is 2.27. The molecule has 40 heavy (non-hydrogen) atoms. The summed E-state index contributed by atoms with van der Waals surface area (Å²) in [5.41, 5.74) is 1.61. The highest BCUT2D eigenvalue weighted by Crippen LogP contribution is 2.33. The molecule has 0 spiro atoms. The summed E-state index contributed by atoms with van der Waals surface area (Å²) >= 11 is 0. The third kappa shape index (κ3) is 7.16. The Morgan fingerprint density at radius 2 is 1.95 bits per heavy atom. The maximum Gasteiger partial charge on any atom is 0.251 e. The van der Waals surface area contributed by atoms with Crippen LogP contribution in [0.15, 0.2) is 24.4 Å². The monoisotopic (exact) mass is 554 g/mol. The van der Waals surface area contributed by atoms with Gasteiger partial charge in [-0.05, 0) is 51.2 Å². The van der Waals surface area contributed by atoms with Crippen LogP contribution in [0.2, 0.25) is 0 Å². The molecule has 3 heterocycles. The van der Waals surface area contributed by atoms with Gasteiger partial charge < -0.3 is 40.5 Å². The van der Waals surface area contributed by atoms with Crippen molar-refractivity contribution in [3.05, 3.63) is 30.0 Å². The highest BCUT2D eigenvalue weighted by molar-refractivity contribution is 5.97. The van der Waals surface area contributed by atoms with Gasteiger partial charge in [0.1, 0.15) is 11.4 Å². The largest absolute Gasteiger partial charge is 0.495 e. The lowest BCUT2D eigenvalue weighted by molar-refractivity contribution is -0.121. The molecule has 13 nitrogen and oxygen atoms in total. The van der Waals surface area contributed by atoms with Gasteiger partial charge in [0.25, 0.3) is 5.91 Å². The third-order valence-corrected chi connectivity index (χ3v) is 7.19. The standard InChI is InChI=1S/C27H38N8O5/c1-33-11-6-19(7-12-33)30-26(39)18-4-5-20(22(16-18)40-3)31-27-29-17-21-25(32-27)35(14-9-24(38)34(21)2)13-8-23(37)28-10-15-36/h4-5,16-17,19,36H,6-15H2,1-3H3,(H,28,37)(H,30,39)(H,29,31,32). The summed E-state index contributed by atoms with van der Waals surface area (Å²) in [5, 5.41) is 17.9. The molecule has 0 atom stereocenters. The Hall–Kier alpha value is -3.97. The topological polar surface area (TPSA) is 152 Å². The number of methoxy groups -OCH3 is 1. The predicted octanol–water partition coefficient (Wildman–Crippen LogP) is 0.724. The summed E-state index contributed by atoms with van der Waals surface area (Å²) in [5.74, 6) is 0.837. The second kappa shape index (κ2) is 13.4. The Morgan fingerprint density at radius 3 is 2.67 bits per heavy atom. The molecule has 2 aliphatic rings. The first kappa shape index (κ1) is 29.0.